The van der Waals surface area contributed by atoms with E-state index in [-0.39, 0.29) is 10.9 Å². The number of likely N-dealkylation sites (tertiary alicyclic amines) is 1. The molecule has 142 valence electrons. The van der Waals surface area contributed by atoms with Crippen molar-refractivity contribution in [2.75, 3.05) is 0 Å². The van der Waals surface area contributed by atoms with Crippen molar-refractivity contribution >= 4 is 14.2 Å². The van der Waals surface area contributed by atoms with E-state index in [1.807, 2.05) is 37.3 Å². The molecule has 0 aromatic heterocycles. The smallest absolute Gasteiger partial charge is 0.254 e. The predicted octanol–water partition coefficient (Wildman–Crippen LogP) is 3.88. The standard InChI is InChI=1S/C21H31NO3Si/c1-8-15(2)19(25-26(6,7)21(3,4)5)17-18(23)20(24)22(17)14-16-12-10-9-11-13-16/h9-13,17-19,23H,1,14H2,2-7H3/t17-,18-,19-/m1/s1. The van der Waals surface area contributed by atoms with Gasteiger partial charge in [0.05, 0.1) is 12.1 Å². The van der Waals surface area contributed by atoms with Crippen molar-refractivity contribution < 1.29 is 14.3 Å². The molecule has 0 spiro atoms. The van der Waals surface area contributed by atoms with Crippen LogP contribution in [0.3, 0.4) is 0 Å². The van der Waals surface area contributed by atoms with E-state index in [1.165, 1.54) is 0 Å². The van der Waals surface area contributed by atoms with Crippen LogP contribution >= 0.6 is 0 Å². The molecule has 1 saturated heterocycles. The van der Waals surface area contributed by atoms with Gasteiger partial charge < -0.3 is 14.4 Å². The van der Waals surface area contributed by atoms with Gasteiger partial charge in [-0.2, -0.15) is 0 Å². The Bertz CT molecular complexity index is 702. The Morgan fingerprint density at radius 3 is 2.42 bits per heavy atom. The van der Waals surface area contributed by atoms with E-state index in [0.717, 1.165) is 11.1 Å². The number of β-lactam (4-membered cyclic amide) rings is 1. The Hall–Kier alpha value is -1.65. The third-order valence-corrected chi connectivity index (χ3v) is 10.1. The Morgan fingerprint density at radius 2 is 1.92 bits per heavy atom. The van der Waals surface area contributed by atoms with Gasteiger partial charge in [-0.15, -0.1) is 5.73 Å². The molecule has 1 aromatic carbocycles. The molecule has 1 aromatic rings. The number of hydrogen-bond acceptors (Lipinski definition) is 3. The van der Waals surface area contributed by atoms with Crippen LogP contribution in [0.2, 0.25) is 18.1 Å². The fourth-order valence-corrected chi connectivity index (χ4v) is 4.16. The zero-order chi connectivity index (χ0) is 19.7. The largest absolute Gasteiger partial charge is 0.407 e. The molecule has 0 aliphatic carbocycles. The zero-order valence-electron chi connectivity index (χ0n) is 16.7. The number of carbonyl (C=O) groups is 1. The SMILES string of the molecule is C=C=C(C)[C@@H](O[Si](C)(C)C(C)(C)C)[C@H]1[C@@H](O)C(=O)N1Cc1ccccc1. The number of nitrogens with zero attached hydrogens (tertiary/aromatic N) is 1. The molecule has 1 heterocycles. The van der Waals surface area contributed by atoms with E-state index in [4.69, 9.17) is 4.43 Å². The summed E-state index contributed by atoms with van der Waals surface area (Å²) in [6, 6.07) is 9.39. The first-order valence-electron chi connectivity index (χ1n) is 9.06. The molecule has 1 fully saturated rings. The molecule has 1 aliphatic rings. The summed E-state index contributed by atoms with van der Waals surface area (Å²) in [6.45, 7) is 17.0. The molecule has 1 N–H and O–H groups in total. The molecule has 3 atom stereocenters. The van der Waals surface area contributed by atoms with Gasteiger partial charge in [-0.25, -0.2) is 0 Å². The van der Waals surface area contributed by atoms with Gasteiger partial charge in [0.1, 0.15) is 0 Å². The normalized spacial score (nSPS) is 21.8. The molecular weight excluding hydrogens is 342 g/mol. The van der Waals surface area contributed by atoms with Crippen molar-refractivity contribution in [2.45, 2.75) is 70.6 Å². The average molecular weight is 374 g/mol. The van der Waals surface area contributed by atoms with Crippen molar-refractivity contribution in [3.05, 3.63) is 53.8 Å². The highest BCUT2D eigenvalue weighted by molar-refractivity contribution is 6.74. The third kappa shape index (κ3) is 4.02. The lowest BCUT2D eigenvalue weighted by Crippen LogP contribution is -2.70. The Labute approximate surface area is 158 Å². The summed E-state index contributed by atoms with van der Waals surface area (Å²) in [5.41, 5.74) is 4.78. The molecule has 26 heavy (non-hydrogen) atoms. The highest BCUT2D eigenvalue weighted by Crippen LogP contribution is 2.40. The summed E-state index contributed by atoms with van der Waals surface area (Å²) >= 11 is 0. The van der Waals surface area contributed by atoms with Crippen LogP contribution in [0.1, 0.15) is 33.3 Å². The predicted molar refractivity (Wildman–Crippen MR) is 107 cm³/mol. The number of rotatable bonds is 6. The fraction of sp³-hybridized carbons (Fsp3) is 0.524. The molecule has 5 heteroatoms. The second-order valence-electron chi connectivity index (χ2n) is 8.55. The quantitative estimate of drug-likeness (QED) is 0.468. The van der Waals surface area contributed by atoms with Gasteiger partial charge >= 0.3 is 0 Å². The van der Waals surface area contributed by atoms with Gasteiger partial charge in [0.15, 0.2) is 14.4 Å². The molecule has 0 bridgehead atoms. The molecule has 0 radical (unpaired) electrons. The number of hydrogen-bond donors (Lipinski definition) is 1. The molecule has 2 rings (SSSR count). The fourth-order valence-electron chi connectivity index (χ4n) is 2.85. The minimum Gasteiger partial charge on any atom is -0.407 e. The maximum atomic E-state index is 12.3. The summed E-state index contributed by atoms with van der Waals surface area (Å²) < 4.78 is 6.59. The van der Waals surface area contributed by atoms with Crippen LogP contribution in [0.25, 0.3) is 0 Å². The van der Waals surface area contributed by atoms with Gasteiger partial charge in [-0.05, 0) is 36.2 Å². The van der Waals surface area contributed by atoms with Crippen molar-refractivity contribution in [3.63, 3.8) is 0 Å². The van der Waals surface area contributed by atoms with Crippen LogP contribution in [0.15, 0.2) is 48.2 Å². The number of aliphatic hydroxyl groups is 1. The van der Waals surface area contributed by atoms with E-state index >= 15 is 0 Å². The summed E-state index contributed by atoms with van der Waals surface area (Å²) in [7, 11) is -2.10. The highest BCUT2D eigenvalue weighted by Gasteiger charge is 2.53. The number of aliphatic hydroxyl groups excluding tert-OH is 1. The van der Waals surface area contributed by atoms with Crippen LogP contribution < -0.4 is 0 Å². The molecule has 1 amide bonds. The Kier molecular flexibility index (Phi) is 5.98. The van der Waals surface area contributed by atoms with E-state index in [9.17, 15) is 9.90 Å². The lowest BCUT2D eigenvalue weighted by atomic mass is 9.89. The first-order chi connectivity index (χ1) is 12.0. The topological polar surface area (TPSA) is 49.8 Å². The Morgan fingerprint density at radius 1 is 1.35 bits per heavy atom. The van der Waals surface area contributed by atoms with E-state index in [2.05, 4.69) is 46.2 Å². The van der Waals surface area contributed by atoms with Crippen LogP contribution in [0, 0.1) is 0 Å². The first kappa shape index (κ1) is 20.7. The summed E-state index contributed by atoms with van der Waals surface area (Å²) in [6.07, 6.45) is -1.44. The molecule has 0 unspecified atom stereocenters. The number of amides is 1. The van der Waals surface area contributed by atoms with Crippen LogP contribution in [-0.2, 0) is 15.8 Å². The van der Waals surface area contributed by atoms with Crippen LogP contribution in [-0.4, -0.2) is 42.5 Å². The molecule has 1 aliphatic heterocycles. The maximum absolute atomic E-state index is 12.3. The van der Waals surface area contributed by atoms with Gasteiger partial charge in [0.25, 0.3) is 5.91 Å². The molecular formula is C21H31NO3Si. The lowest BCUT2D eigenvalue weighted by molar-refractivity contribution is -0.175. The lowest BCUT2D eigenvalue weighted by Gasteiger charge is -2.51. The third-order valence-electron chi connectivity index (χ3n) is 5.66. The Balaban J connectivity index is 2.31. The highest BCUT2D eigenvalue weighted by atomic mass is 28.4. The summed E-state index contributed by atoms with van der Waals surface area (Å²) in [5.74, 6) is -0.250. The van der Waals surface area contributed by atoms with Gasteiger partial charge in [-0.3, -0.25) is 4.79 Å². The van der Waals surface area contributed by atoms with Crippen LogP contribution in [0.5, 0.6) is 0 Å². The minimum atomic E-state index is -2.10. The second-order valence-corrected chi connectivity index (χ2v) is 13.3. The first-order valence-corrected chi connectivity index (χ1v) is 12.0. The van der Waals surface area contributed by atoms with Gasteiger partial charge in [0, 0.05) is 6.54 Å². The van der Waals surface area contributed by atoms with Gasteiger partial charge in [-0.1, -0.05) is 57.7 Å². The summed E-state index contributed by atoms with van der Waals surface area (Å²) in [5, 5.41) is 10.4. The van der Waals surface area contributed by atoms with E-state index in [0.29, 0.717) is 6.54 Å². The zero-order valence-corrected chi connectivity index (χ0v) is 17.7. The van der Waals surface area contributed by atoms with E-state index in [1.54, 1.807) is 4.90 Å². The molecule has 4 nitrogen and oxygen atoms in total. The molecule has 0 saturated carbocycles. The number of benzene rings is 1. The van der Waals surface area contributed by atoms with Crippen LogP contribution in [0.4, 0.5) is 0 Å². The monoisotopic (exact) mass is 373 g/mol. The second kappa shape index (κ2) is 7.53. The van der Waals surface area contributed by atoms with Gasteiger partial charge in [0.2, 0.25) is 0 Å². The average Bonchev–Trinajstić information content (AvgIpc) is 2.59. The van der Waals surface area contributed by atoms with E-state index < -0.39 is 26.6 Å². The maximum Gasteiger partial charge on any atom is 0.254 e. The number of carbonyl (C=O) groups excluding carboxylic acids is 1. The van der Waals surface area contributed by atoms with Crippen molar-refractivity contribution in [1.82, 2.24) is 4.90 Å². The summed E-state index contributed by atoms with van der Waals surface area (Å²) in [4.78, 5) is 14.0. The van der Waals surface area contributed by atoms with Crippen molar-refractivity contribution in [3.8, 4) is 0 Å². The minimum absolute atomic E-state index is 0.0235. The van der Waals surface area contributed by atoms with Crippen molar-refractivity contribution in [2.24, 2.45) is 0 Å². The van der Waals surface area contributed by atoms with Crippen molar-refractivity contribution in [1.29, 1.82) is 0 Å².